The van der Waals surface area contributed by atoms with Gasteiger partial charge in [-0.3, -0.25) is 0 Å². The highest BCUT2D eigenvalue weighted by Gasteiger charge is 2.49. The molecule has 0 saturated heterocycles. The summed E-state index contributed by atoms with van der Waals surface area (Å²) in [6, 6.07) is 1.69. The van der Waals surface area contributed by atoms with Crippen LogP contribution in [-0.4, -0.2) is 32.5 Å². The Labute approximate surface area is 120 Å². The van der Waals surface area contributed by atoms with Crippen LogP contribution in [0.25, 0.3) is 0 Å². The number of aliphatic hydroxyl groups excluding tert-OH is 2. The van der Waals surface area contributed by atoms with Crippen molar-refractivity contribution in [1.29, 1.82) is 0 Å². The summed E-state index contributed by atoms with van der Waals surface area (Å²) in [6.07, 6.45) is 1.67. The number of fused-ring (bicyclic) bond motifs is 1. The Hall–Kier alpha value is -0.950. The van der Waals surface area contributed by atoms with Crippen molar-refractivity contribution in [2.45, 2.75) is 49.9 Å². The first-order valence-corrected chi connectivity index (χ1v) is 7.68. The first kappa shape index (κ1) is 14.0. The molecule has 0 aromatic carbocycles. The van der Waals surface area contributed by atoms with E-state index in [-0.39, 0.29) is 12.0 Å². The number of hydrogen-bond acceptors (Lipinski definition) is 5. The molecule has 4 N–H and O–H groups in total. The molecule has 2 aliphatic carbocycles. The number of aryl methyl sites for hydroxylation is 1. The van der Waals surface area contributed by atoms with Crippen molar-refractivity contribution in [1.82, 2.24) is 0 Å². The third kappa shape index (κ3) is 2.26. The average Bonchev–Trinajstić information content (AvgIpc) is 3.11. The second-order valence-corrected chi connectivity index (χ2v) is 7.02. The summed E-state index contributed by atoms with van der Waals surface area (Å²) in [6.45, 7) is 0. The Bertz CT molecular complexity index is 536. The second-order valence-electron chi connectivity index (χ2n) is 5.85. The summed E-state index contributed by atoms with van der Waals surface area (Å²) in [5.74, 6) is -0.612. The monoisotopic (exact) mass is 298 g/mol. The minimum Gasteiger partial charge on any atom is -0.479 e. The number of hydrogen-bond donors (Lipinski definition) is 4. The van der Waals surface area contributed by atoms with Crippen LogP contribution in [0.3, 0.4) is 0 Å². The summed E-state index contributed by atoms with van der Waals surface area (Å²) in [5, 5.41) is 39.4. The van der Waals surface area contributed by atoms with Crippen molar-refractivity contribution in [3.63, 3.8) is 0 Å². The van der Waals surface area contributed by atoms with Crippen LogP contribution in [-0.2, 0) is 16.8 Å². The normalized spacial score (nSPS) is 33.0. The van der Waals surface area contributed by atoms with E-state index >= 15 is 0 Å². The van der Waals surface area contributed by atoms with E-state index in [4.69, 9.17) is 0 Å². The average molecular weight is 298 g/mol. The molecule has 1 unspecified atom stereocenters. The van der Waals surface area contributed by atoms with Crippen molar-refractivity contribution in [3.8, 4) is 0 Å². The highest BCUT2D eigenvalue weighted by atomic mass is 32.1. The zero-order chi connectivity index (χ0) is 14.5. The molecule has 3 atom stereocenters. The van der Waals surface area contributed by atoms with E-state index in [1.165, 1.54) is 24.2 Å². The molecule has 1 fully saturated rings. The van der Waals surface area contributed by atoms with Crippen molar-refractivity contribution < 1.29 is 25.2 Å². The van der Waals surface area contributed by atoms with Gasteiger partial charge in [-0.1, -0.05) is 12.8 Å². The third-order valence-corrected chi connectivity index (χ3v) is 5.51. The predicted molar refractivity (Wildman–Crippen MR) is 72.5 cm³/mol. The van der Waals surface area contributed by atoms with Crippen molar-refractivity contribution >= 4 is 17.3 Å². The summed E-state index contributed by atoms with van der Waals surface area (Å²) in [4.78, 5) is 12.7. The van der Waals surface area contributed by atoms with Gasteiger partial charge in [0.2, 0.25) is 0 Å². The molecule has 20 heavy (non-hydrogen) atoms. The molecule has 6 heteroatoms. The Morgan fingerprint density at radius 1 is 1.40 bits per heavy atom. The van der Waals surface area contributed by atoms with Crippen molar-refractivity contribution in [2.75, 3.05) is 0 Å². The van der Waals surface area contributed by atoms with Crippen LogP contribution in [0.4, 0.5) is 0 Å². The van der Waals surface area contributed by atoms with Gasteiger partial charge in [-0.05, 0) is 24.8 Å². The molecule has 1 saturated carbocycles. The molecule has 2 aliphatic rings. The van der Waals surface area contributed by atoms with Gasteiger partial charge in [-0.25, -0.2) is 4.79 Å². The molecule has 0 spiro atoms. The van der Waals surface area contributed by atoms with Crippen LogP contribution in [0.15, 0.2) is 6.07 Å². The number of rotatable bonds is 4. The zero-order valence-electron chi connectivity index (χ0n) is 11.0. The zero-order valence-corrected chi connectivity index (χ0v) is 11.8. The van der Waals surface area contributed by atoms with Gasteiger partial charge in [0.1, 0.15) is 6.10 Å². The van der Waals surface area contributed by atoms with Crippen molar-refractivity contribution in [3.05, 3.63) is 21.4 Å². The maximum absolute atomic E-state index is 11.3. The number of carboxylic acid groups (broad SMARTS) is 1. The quantitative estimate of drug-likeness (QED) is 0.669. The second kappa shape index (κ2) is 4.80. The van der Waals surface area contributed by atoms with Gasteiger partial charge in [-0.2, -0.15) is 0 Å². The predicted octanol–water partition coefficient (Wildman–Crippen LogP) is 1.16. The summed E-state index contributed by atoms with van der Waals surface area (Å²) >= 11 is 1.30. The number of aliphatic carboxylic acids is 1. The molecule has 0 aliphatic heterocycles. The van der Waals surface area contributed by atoms with E-state index in [1.54, 1.807) is 6.07 Å². The molecule has 0 radical (unpaired) electrons. The number of aliphatic hydroxyl groups is 3. The van der Waals surface area contributed by atoms with Crippen molar-refractivity contribution in [2.24, 2.45) is 5.92 Å². The van der Waals surface area contributed by atoms with Crippen LogP contribution >= 0.6 is 11.3 Å². The fraction of sp³-hybridized carbons (Fsp3) is 0.643. The topological polar surface area (TPSA) is 98.0 Å². The lowest BCUT2D eigenvalue weighted by Crippen LogP contribution is -2.44. The fourth-order valence-electron chi connectivity index (χ4n) is 2.78. The fourth-order valence-corrected chi connectivity index (χ4v) is 4.07. The number of carbonyl (C=O) groups is 1. The van der Waals surface area contributed by atoms with Gasteiger partial charge in [0, 0.05) is 21.7 Å². The molecule has 1 aromatic heterocycles. The molecule has 5 nitrogen and oxygen atoms in total. The Morgan fingerprint density at radius 2 is 2.10 bits per heavy atom. The SMILES string of the molecule is O=C(O)[C@@]1(O)CC(O)[C@H](O)c2sc(CCC3CC3)cc21. The van der Waals surface area contributed by atoms with E-state index in [2.05, 4.69) is 0 Å². The van der Waals surface area contributed by atoms with Gasteiger partial charge in [0.15, 0.2) is 5.60 Å². The molecular formula is C14H18O5S. The molecular weight excluding hydrogens is 280 g/mol. The first-order chi connectivity index (χ1) is 9.41. The van der Waals surface area contributed by atoms with Gasteiger partial charge in [0.25, 0.3) is 0 Å². The van der Waals surface area contributed by atoms with Gasteiger partial charge in [-0.15, -0.1) is 11.3 Å². The van der Waals surface area contributed by atoms with E-state index in [0.29, 0.717) is 4.88 Å². The Balaban J connectivity index is 1.93. The molecule has 0 bridgehead atoms. The van der Waals surface area contributed by atoms with Crippen LogP contribution in [0.2, 0.25) is 0 Å². The van der Waals surface area contributed by atoms with Crippen LogP contribution in [0.1, 0.15) is 47.1 Å². The van der Waals surface area contributed by atoms with E-state index < -0.39 is 23.8 Å². The van der Waals surface area contributed by atoms with E-state index in [9.17, 15) is 25.2 Å². The van der Waals surface area contributed by atoms with Crippen LogP contribution < -0.4 is 0 Å². The summed E-state index contributed by atoms with van der Waals surface area (Å²) < 4.78 is 0. The lowest BCUT2D eigenvalue weighted by atomic mass is 9.80. The van der Waals surface area contributed by atoms with Gasteiger partial charge in [0.05, 0.1) is 6.10 Å². The molecule has 0 amide bonds. The smallest absolute Gasteiger partial charge is 0.340 e. The van der Waals surface area contributed by atoms with Crippen LogP contribution in [0, 0.1) is 5.92 Å². The molecule has 1 aromatic rings. The van der Waals surface area contributed by atoms with E-state index in [1.807, 2.05) is 0 Å². The maximum atomic E-state index is 11.3. The highest BCUT2D eigenvalue weighted by Crippen LogP contribution is 2.45. The largest absolute Gasteiger partial charge is 0.479 e. The lowest BCUT2D eigenvalue weighted by Gasteiger charge is -2.34. The standard InChI is InChI=1S/C14H18O5S/c15-10-6-14(19,13(17)18)9-5-8(4-3-7-1-2-7)20-12(9)11(10)16/h5,7,10-11,15-16,19H,1-4,6H2,(H,17,18)/t10?,11-,14+/m0/s1. The molecule has 110 valence electrons. The minimum atomic E-state index is -2.09. The van der Waals surface area contributed by atoms with Gasteiger partial charge >= 0.3 is 5.97 Å². The summed E-state index contributed by atoms with van der Waals surface area (Å²) in [5.41, 5.74) is -1.85. The third-order valence-electron chi connectivity index (χ3n) is 4.24. The molecule has 3 rings (SSSR count). The summed E-state index contributed by atoms with van der Waals surface area (Å²) in [7, 11) is 0. The van der Waals surface area contributed by atoms with E-state index in [0.717, 1.165) is 23.6 Å². The highest BCUT2D eigenvalue weighted by molar-refractivity contribution is 7.12. The minimum absolute atomic E-state index is 0.249. The number of thiophene rings is 1. The molecule has 1 heterocycles. The lowest BCUT2D eigenvalue weighted by molar-refractivity contribution is -0.168. The Morgan fingerprint density at radius 3 is 2.70 bits per heavy atom. The number of carboxylic acids is 1. The van der Waals surface area contributed by atoms with Gasteiger partial charge < -0.3 is 20.4 Å². The maximum Gasteiger partial charge on any atom is 0.340 e. The first-order valence-electron chi connectivity index (χ1n) is 6.87. The Kier molecular flexibility index (Phi) is 3.36. The van der Waals surface area contributed by atoms with Crippen LogP contribution in [0.5, 0.6) is 0 Å².